The number of H-pyrrole nitrogens is 1. The van der Waals surface area contributed by atoms with E-state index in [2.05, 4.69) is 20.9 Å². The van der Waals surface area contributed by atoms with Gasteiger partial charge in [0.05, 0.1) is 19.7 Å². The molecule has 0 fully saturated rings. The molecular weight excluding hydrogens is 476 g/mol. The number of hydrogen-bond donors (Lipinski definition) is 2. The zero-order chi connectivity index (χ0) is 23.1. The van der Waals surface area contributed by atoms with Crippen LogP contribution in [0.4, 0.5) is 11.5 Å². The van der Waals surface area contributed by atoms with Crippen LogP contribution in [-0.2, 0) is 22.6 Å². The number of methoxy groups -OCH3 is 1. The average Bonchev–Trinajstić information content (AvgIpc) is 2.78. The minimum absolute atomic E-state index is 0.0914. The molecule has 8 nitrogen and oxygen atoms in total. The van der Waals surface area contributed by atoms with Crippen molar-refractivity contribution >= 4 is 39.4 Å². The average molecular weight is 499 g/mol. The lowest BCUT2D eigenvalue weighted by Crippen LogP contribution is -2.40. The third-order valence-electron chi connectivity index (χ3n) is 4.76. The van der Waals surface area contributed by atoms with Crippen molar-refractivity contribution in [2.75, 3.05) is 24.4 Å². The van der Waals surface area contributed by atoms with Crippen molar-refractivity contribution in [1.29, 1.82) is 0 Å². The molecule has 1 aromatic heterocycles. The minimum atomic E-state index is -0.736. The van der Waals surface area contributed by atoms with Crippen LogP contribution in [0.1, 0.15) is 11.1 Å². The van der Waals surface area contributed by atoms with E-state index in [9.17, 15) is 14.4 Å². The predicted octanol–water partition coefficient (Wildman–Crippen LogP) is 2.77. The summed E-state index contributed by atoms with van der Waals surface area (Å²) in [5, 5.41) is 0. The summed E-state index contributed by atoms with van der Waals surface area (Å²) in [6, 6.07) is 16.6. The molecule has 0 saturated carbocycles. The van der Waals surface area contributed by atoms with Gasteiger partial charge in [-0.1, -0.05) is 64.5 Å². The summed E-state index contributed by atoms with van der Waals surface area (Å²) in [6.45, 7) is 0.436. The standard InChI is InChI=1S/C23H23BrN4O4/c1-32-14-13-27-21(25)20(22(30)26-23(27)31)28(15-16-7-3-2-4-8-16)19(29)12-11-17-9-5-6-10-18(17)24/h2-12H,13-15,25H2,1H3,(H,26,30,31)/b12-11+. The van der Waals surface area contributed by atoms with Crippen LogP contribution in [0.3, 0.4) is 0 Å². The molecule has 1 amide bonds. The van der Waals surface area contributed by atoms with Crippen LogP contribution in [-0.4, -0.2) is 29.2 Å². The summed E-state index contributed by atoms with van der Waals surface area (Å²) in [5.41, 5.74) is 6.31. The number of rotatable bonds is 8. The third-order valence-corrected chi connectivity index (χ3v) is 5.49. The summed E-state index contributed by atoms with van der Waals surface area (Å²) in [5.74, 6) is -0.562. The summed E-state index contributed by atoms with van der Waals surface area (Å²) in [6.07, 6.45) is 3.02. The van der Waals surface area contributed by atoms with Crippen molar-refractivity contribution in [1.82, 2.24) is 9.55 Å². The molecule has 9 heteroatoms. The van der Waals surface area contributed by atoms with Gasteiger partial charge in [-0.05, 0) is 23.3 Å². The number of nitrogens with two attached hydrogens (primary N) is 1. The first kappa shape index (κ1) is 23.2. The number of nitrogens with zero attached hydrogens (tertiary/aromatic N) is 2. The van der Waals surface area contributed by atoms with Gasteiger partial charge in [-0.2, -0.15) is 0 Å². The first-order valence-electron chi connectivity index (χ1n) is 9.82. The van der Waals surface area contributed by atoms with E-state index in [-0.39, 0.29) is 31.2 Å². The van der Waals surface area contributed by atoms with Gasteiger partial charge in [0.15, 0.2) is 5.69 Å². The Morgan fingerprint density at radius 2 is 1.84 bits per heavy atom. The number of carbonyl (C=O) groups excluding carboxylic acids is 1. The van der Waals surface area contributed by atoms with Crippen molar-refractivity contribution in [2.45, 2.75) is 13.1 Å². The van der Waals surface area contributed by atoms with E-state index in [0.717, 1.165) is 15.6 Å². The van der Waals surface area contributed by atoms with Crippen molar-refractivity contribution in [3.05, 3.63) is 97.1 Å². The molecule has 166 valence electrons. The quantitative estimate of drug-likeness (QED) is 0.464. The number of carbonyl (C=O) groups is 1. The number of nitrogens with one attached hydrogen (secondary N) is 1. The summed E-state index contributed by atoms with van der Waals surface area (Å²) >= 11 is 3.45. The van der Waals surface area contributed by atoms with Crippen LogP contribution < -0.4 is 21.9 Å². The number of ether oxygens (including phenoxy) is 1. The normalized spacial score (nSPS) is 11.1. The molecule has 0 radical (unpaired) electrons. The lowest BCUT2D eigenvalue weighted by atomic mass is 10.2. The number of anilines is 2. The van der Waals surface area contributed by atoms with Crippen molar-refractivity contribution < 1.29 is 9.53 Å². The number of amides is 1. The van der Waals surface area contributed by atoms with Gasteiger partial charge >= 0.3 is 5.69 Å². The molecule has 3 rings (SSSR count). The van der Waals surface area contributed by atoms with Gasteiger partial charge in [-0.25, -0.2) is 4.79 Å². The Bertz CT molecular complexity index is 1230. The lowest BCUT2D eigenvalue weighted by Gasteiger charge is -2.23. The number of hydrogen-bond acceptors (Lipinski definition) is 5. The SMILES string of the molecule is COCCn1c(N)c(N(Cc2ccccc2)C(=O)/C=C/c2ccccc2Br)c(=O)[nH]c1=O. The van der Waals surface area contributed by atoms with Crippen LogP contribution >= 0.6 is 15.9 Å². The molecule has 2 aromatic carbocycles. The zero-order valence-electron chi connectivity index (χ0n) is 17.5. The predicted molar refractivity (Wildman–Crippen MR) is 128 cm³/mol. The van der Waals surface area contributed by atoms with Gasteiger partial charge in [-0.15, -0.1) is 0 Å². The van der Waals surface area contributed by atoms with Crippen molar-refractivity contribution in [3.8, 4) is 0 Å². The topological polar surface area (TPSA) is 110 Å². The van der Waals surface area contributed by atoms with Crippen LogP contribution in [0.5, 0.6) is 0 Å². The number of halogens is 1. The molecule has 32 heavy (non-hydrogen) atoms. The molecular formula is C23H23BrN4O4. The summed E-state index contributed by atoms with van der Waals surface area (Å²) < 4.78 is 7.03. The third kappa shape index (κ3) is 5.43. The highest BCUT2D eigenvalue weighted by Crippen LogP contribution is 2.21. The number of aromatic amines is 1. The molecule has 0 spiro atoms. The van der Waals surface area contributed by atoms with Crippen molar-refractivity contribution in [3.63, 3.8) is 0 Å². The molecule has 3 aromatic rings. The fourth-order valence-electron chi connectivity index (χ4n) is 3.14. The Labute approximate surface area is 193 Å². The molecule has 1 heterocycles. The second kappa shape index (κ2) is 10.7. The molecule has 0 aliphatic rings. The fraction of sp³-hybridized carbons (Fsp3) is 0.174. The van der Waals surface area contributed by atoms with Gasteiger partial charge in [0.1, 0.15) is 5.82 Å². The molecule has 0 atom stereocenters. The van der Waals surface area contributed by atoms with Crippen LogP contribution in [0.25, 0.3) is 6.08 Å². The molecule has 0 unspecified atom stereocenters. The molecule has 3 N–H and O–H groups in total. The second-order valence-electron chi connectivity index (χ2n) is 6.90. The Hall–Kier alpha value is -3.43. The van der Waals surface area contributed by atoms with E-state index < -0.39 is 17.2 Å². The minimum Gasteiger partial charge on any atom is -0.383 e. The van der Waals surface area contributed by atoms with E-state index in [1.807, 2.05) is 54.6 Å². The van der Waals surface area contributed by atoms with E-state index in [1.165, 1.54) is 22.7 Å². The Kier molecular flexibility index (Phi) is 7.80. The number of nitrogen functional groups attached to an aromatic ring is 1. The van der Waals surface area contributed by atoms with Gasteiger partial charge in [0, 0.05) is 17.7 Å². The largest absolute Gasteiger partial charge is 0.383 e. The van der Waals surface area contributed by atoms with Gasteiger partial charge in [-0.3, -0.25) is 24.0 Å². The first-order chi connectivity index (χ1) is 15.4. The van der Waals surface area contributed by atoms with E-state index in [1.54, 1.807) is 6.08 Å². The highest BCUT2D eigenvalue weighted by atomic mass is 79.9. The summed E-state index contributed by atoms with van der Waals surface area (Å²) in [7, 11) is 1.49. The van der Waals surface area contributed by atoms with Crippen LogP contribution in [0, 0.1) is 0 Å². The van der Waals surface area contributed by atoms with Gasteiger partial charge in [0.25, 0.3) is 11.5 Å². The Balaban J connectivity index is 2.07. The second-order valence-corrected chi connectivity index (χ2v) is 7.76. The van der Waals surface area contributed by atoms with E-state index >= 15 is 0 Å². The first-order valence-corrected chi connectivity index (χ1v) is 10.6. The Morgan fingerprint density at radius 1 is 1.16 bits per heavy atom. The maximum atomic E-state index is 13.3. The van der Waals surface area contributed by atoms with E-state index in [0.29, 0.717) is 0 Å². The number of benzene rings is 2. The molecule has 0 aliphatic carbocycles. The zero-order valence-corrected chi connectivity index (χ0v) is 19.0. The fourth-order valence-corrected chi connectivity index (χ4v) is 3.55. The highest BCUT2D eigenvalue weighted by molar-refractivity contribution is 9.10. The highest BCUT2D eigenvalue weighted by Gasteiger charge is 2.23. The van der Waals surface area contributed by atoms with Gasteiger partial charge < -0.3 is 10.5 Å². The lowest BCUT2D eigenvalue weighted by molar-refractivity contribution is -0.114. The maximum absolute atomic E-state index is 13.3. The van der Waals surface area contributed by atoms with Crippen molar-refractivity contribution in [2.24, 2.45) is 0 Å². The molecule has 0 aliphatic heterocycles. The van der Waals surface area contributed by atoms with Crippen LogP contribution in [0.15, 0.2) is 74.7 Å². The molecule has 0 saturated heterocycles. The smallest absolute Gasteiger partial charge is 0.330 e. The molecule has 0 bridgehead atoms. The summed E-state index contributed by atoms with van der Waals surface area (Å²) in [4.78, 5) is 41.8. The maximum Gasteiger partial charge on any atom is 0.330 e. The van der Waals surface area contributed by atoms with Crippen LogP contribution in [0.2, 0.25) is 0 Å². The van der Waals surface area contributed by atoms with Gasteiger partial charge in [0.2, 0.25) is 0 Å². The number of aromatic nitrogens is 2. The Morgan fingerprint density at radius 3 is 2.53 bits per heavy atom. The van der Waals surface area contributed by atoms with E-state index in [4.69, 9.17) is 10.5 Å². The monoisotopic (exact) mass is 498 g/mol.